The van der Waals surface area contributed by atoms with Gasteiger partial charge in [0.2, 0.25) is 5.95 Å². The number of nitrogens with zero attached hydrogens (tertiary/aromatic N) is 3. The predicted molar refractivity (Wildman–Crippen MR) is 47.7 cm³/mol. The standard InChI is InChI=1S/C7H12F2N4O/c1-3-12(4-2)6-10-11-7(14)13(6)5(8)9/h5H,3-4H2,1-2H3,(H,11,14). The van der Waals surface area contributed by atoms with Gasteiger partial charge in [-0.3, -0.25) is 0 Å². The van der Waals surface area contributed by atoms with Crippen LogP contribution in [-0.4, -0.2) is 27.9 Å². The van der Waals surface area contributed by atoms with Crippen molar-refractivity contribution in [1.29, 1.82) is 0 Å². The summed E-state index contributed by atoms with van der Waals surface area (Å²) < 4.78 is 25.2. The van der Waals surface area contributed by atoms with E-state index >= 15 is 0 Å². The maximum absolute atomic E-state index is 12.4. The minimum atomic E-state index is -2.86. The molecule has 0 atom stereocenters. The largest absolute Gasteiger partial charge is 0.349 e. The van der Waals surface area contributed by atoms with Crippen LogP contribution < -0.4 is 10.6 Å². The molecule has 0 amide bonds. The molecule has 0 saturated heterocycles. The molecule has 0 aliphatic carbocycles. The SMILES string of the molecule is CCN(CC)c1n[nH]c(=O)n1C(F)F. The molecule has 0 spiro atoms. The average Bonchev–Trinajstić information content (AvgIpc) is 2.50. The number of rotatable bonds is 4. The Labute approximate surface area is 79.3 Å². The summed E-state index contributed by atoms with van der Waals surface area (Å²) in [4.78, 5) is 12.5. The van der Waals surface area contributed by atoms with Gasteiger partial charge in [0, 0.05) is 13.1 Å². The second-order valence-corrected chi connectivity index (χ2v) is 2.65. The molecule has 0 aliphatic rings. The second kappa shape index (κ2) is 4.21. The lowest BCUT2D eigenvalue weighted by Crippen LogP contribution is -2.28. The van der Waals surface area contributed by atoms with E-state index in [9.17, 15) is 13.6 Å². The van der Waals surface area contributed by atoms with Gasteiger partial charge < -0.3 is 4.90 Å². The number of aromatic amines is 1. The summed E-state index contributed by atoms with van der Waals surface area (Å²) in [5, 5.41) is 5.55. The van der Waals surface area contributed by atoms with Gasteiger partial charge in [-0.25, -0.2) is 14.5 Å². The second-order valence-electron chi connectivity index (χ2n) is 2.65. The molecule has 1 aromatic heterocycles. The van der Waals surface area contributed by atoms with Gasteiger partial charge in [-0.2, -0.15) is 8.78 Å². The van der Waals surface area contributed by atoms with Gasteiger partial charge in [-0.1, -0.05) is 0 Å². The number of aromatic nitrogens is 3. The topological polar surface area (TPSA) is 53.9 Å². The summed E-state index contributed by atoms with van der Waals surface area (Å²) >= 11 is 0. The van der Waals surface area contributed by atoms with Crippen LogP contribution in [0.25, 0.3) is 0 Å². The Balaban J connectivity index is 3.14. The van der Waals surface area contributed by atoms with E-state index in [1.165, 1.54) is 0 Å². The normalized spacial score (nSPS) is 10.9. The lowest BCUT2D eigenvalue weighted by atomic mass is 10.5. The molecule has 0 aliphatic heterocycles. The zero-order valence-electron chi connectivity index (χ0n) is 8.00. The minimum Gasteiger partial charge on any atom is -0.341 e. The van der Waals surface area contributed by atoms with E-state index in [2.05, 4.69) is 5.10 Å². The fourth-order valence-electron chi connectivity index (χ4n) is 1.20. The third kappa shape index (κ3) is 1.75. The van der Waals surface area contributed by atoms with E-state index in [0.29, 0.717) is 17.7 Å². The van der Waals surface area contributed by atoms with Gasteiger partial charge in [-0.15, -0.1) is 5.10 Å². The van der Waals surface area contributed by atoms with Gasteiger partial charge in [0.05, 0.1) is 0 Å². The molecule has 1 heterocycles. The third-order valence-electron chi connectivity index (χ3n) is 1.93. The molecular formula is C7H12F2N4O. The Hall–Kier alpha value is -1.40. The summed E-state index contributed by atoms with van der Waals surface area (Å²) in [7, 11) is 0. The summed E-state index contributed by atoms with van der Waals surface area (Å²) in [6.45, 7) is 1.79. The summed E-state index contributed by atoms with van der Waals surface area (Å²) in [6, 6.07) is 0. The van der Waals surface area contributed by atoms with Crippen molar-refractivity contribution in [3.05, 3.63) is 10.5 Å². The molecule has 0 bridgehead atoms. The zero-order chi connectivity index (χ0) is 10.7. The summed E-state index contributed by atoms with van der Waals surface area (Å²) in [6.07, 6.45) is 0. The van der Waals surface area contributed by atoms with Gasteiger partial charge in [0.1, 0.15) is 0 Å². The van der Waals surface area contributed by atoms with Gasteiger partial charge >= 0.3 is 12.2 Å². The highest BCUT2D eigenvalue weighted by Crippen LogP contribution is 2.15. The smallest absolute Gasteiger partial charge is 0.341 e. The van der Waals surface area contributed by atoms with E-state index in [1.54, 1.807) is 18.7 Å². The number of halogens is 2. The van der Waals surface area contributed by atoms with Crippen molar-refractivity contribution in [3.63, 3.8) is 0 Å². The molecule has 1 N–H and O–H groups in total. The van der Waals surface area contributed by atoms with Crippen molar-refractivity contribution in [2.24, 2.45) is 0 Å². The number of hydrogen-bond acceptors (Lipinski definition) is 3. The van der Waals surface area contributed by atoms with Crippen LogP contribution in [0, 0.1) is 0 Å². The van der Waals surface area contributed by atoms with Crippen LogP contribution in [0.1, 0.15) is 20.4 Å². The van der Waals surface area contributed by atoms with E-state index < -0.39 is 12.2 Å². The summed E-state index contributed by atoms with van der Waals surface area (Å²) in [5.41, 5.74) is -0.887. The third-order valence-corrected chi connectivity index (χ3v) is 1.93. The highest BCUT2D eigenvalue weighted by molar-refractivity contribution is 5.28. The molecule has 5 nitrogen and oxygen atoms in total. The van der Waals surface area contributed by atoms with Crippen LogP contribution in [0.2, 0.25) is 0 Å². The van der Waals surface area contributed by atoms with Crippen LogP contribution >= 0.6 is 0 Å². The first-order valence-corrected chi connectivity index (χ1v) is 4.31. The molecular weight excluding hydrogens is 194 g/mol. The van der Waals surface area contributed by atoms with Crippen molar-refractivity contribution < 1.29 is 8.78 Å². The number of anilines is 1. The van der Waals surface area contributed by atoms with E-state index in [-0.39, 0.29) is 5.95 Å². The Bertz CT molecular complexity index is 342. The van der Waals surface area contributed by atoms with Crippen molar-refractivity contribution in [2.75, 3.05) is 18.0 Å². The maximum Gasteiger partial charge on any atom is 0.349 e. The monoisotopic (exact) mass is 206 g/mol. The van der Waals surface area contributed by atoms with Crippen molar-refractivity contribution in [1.82, 2.24) is 14.8 Å². The van der Waals surface area contributed by atoms with Crippen molar-refractivity contribution in [2.45, 2.75) is 20.4 Å². The Morgan fingerprint density at radius 1 is 1.50 bits per heavy atom. The number of hydrogen-bond donors (Lipinski definition) is 1. The van der Waals surface area contributed by atoms with Crippen molar-refractivity contribution in [3.8, 4) is 0 Å². The highest BCUT2D eigenvalue weighted by Gasteiger charge is 2.19. The van der Waals surface area contributed by atoms with E-state index in [1.807, 2.05) is 5.10 Å². The first kappa shape index (κ1) is 10.7. The first-order chi connectivity index (χ1) is 6.61. The first-order valence-electron chi connectivity index (χ1n) is 4.31. The number of alkyl halides is 2. The fraction of sp³-hybridized carbons (Fsp3) is 0.714. The average molecular weight is 206 g/mol. The van der Waals surface area contributed by atoms with Crippen molar-refractivity contribution >= 4 is 5.95 Å². The Morgan fingerprint density at radius 3 is 2.50 bits per heavy atom. The molecule has 0 aromatic carbocycles. The molecule has 7 heteroatoms. The van der Waals surface area contributed by atoms with Gasteiger partial charge in [0.15, 0.2) is 0 Å². The van der Waals surface area contributed by atoms with Gasteiger partial charge in [-0.05, 0) is 13.8 Å². The Kier molecular flexibility index (Phi) is 3.21. The molecule has 0 unspecified atom stereocenters. The lowest BCUT2D eigenvalue weighted by Gasteiger charge is -2.19. The molecule has 0 radical (unpaired) electrons. The molecule has 14 heavy (non-hydrogen) atoms. The quantitative estimate of drug-likeness (QED) is 0.793. The zero-order valence-corrected chi connectivity index (χ0v) is 8.00. The van der Waals surface area contributed by atoms with E-state index in [4.69, 9.17) is 0 Å². The highest BCUT2D eigenvalue weighted by atomic mass is 19.3. The van der Waals surface area contributed by atoms with Crippen LogP contribution in [0.5, 0.6) is 0 Å². The lowest BCUT2D eigenvalue weighted by molar-refractivity contribution is 0.0678. The molecule has 1 aromatic rings. The number of H-pyrrole nitrogens is 1. The number of nitrogens with one attached hydrogen (secondary N) is 1. The van der Waals surface area contributed by atoms with E-state index in [0.717, 1.165) is 0 Å². The fourth-order valence-corrected chi connectivity index (χ4v) is 1.20. The summed E-state index contributed by atoms with van der Waals surface area (Å²) in [5.74, 6) is -0.0185. The maximum atomic E-state index is 12.4. The molecule has 0 saturated carbocycles. The van der Waals surface area contributed by atoms with Crippen LogP contribution in [-0.2, 0) is 0 Å². The Morgan fingerprint density at radius 2 is 2.07 bits per heavy atom. The van der Waals surface area contributed by atoms with Crippen LogP contribution in [0.3, 0.4) is 0 Å². The van der Waals surface area contributed by atoms with Crippen LogP contribution in [0.15, 0.2) is 4.79 Å². The minimum absolute atomic E-state index is 0.0185. The van der Waals surface area contributed by atoms with Crippen LogP contribution in [0.4, 0.5) is 14.7 Å². The molecule has 0 fully saturated rings. The van der Waals surface area contributed by atoms with Gasteiger partial charge in [0.25, 0.3) is 0 Å². The predicted octanol–water partition coefficient (Wildman–Crippen LogP) is 0.813. The molecule has 1 rings (SSSR count). The molecule has 80 valence electrons.